The van der Waals surface area contributed by atoms with Crippen LogP contribution in [0.15, 0.2) is 18.2 Å². The minimum Gasteiger partial charge on any atom is -0.493 e. The molecule has 1 aromatic rings. The number of rotatable bonds is 7. The van der Waals surface area contributed by atoms with Crippen molar-refractivity contribution in [3.8, 4) is 11.8 Å². The lowest BCUT2D eigenvalue weighted by Crippen LogP contribution is -2.33. The van der Waals surface area contributed by atoms with E-state index in [0.717, 1.165) is 6.07 Å². The number of benzene rings is 1. The van der Waals surface area contributed by atoms with Crippen molar-refractivity contribution in [2.45, 2.75) is 26.7 Å². The fourth-order valence-corrected chi connectivity index (χ4v) is 3.90. The van der Waals surface area contributed by atoms with Crippen molar-refractivity contribution in [1.82, 2.24) is 0 Å². The third-order valence-electron chi connectivity index (χ3n) is 3.58. The number of nitriles is 1. The van der Waals surface area contributed by atoms with E-state index in [2.05, 4.69) is 0 Å². The van der Waals surface area contributed by atoms with Crippen molar-refractivity contribution in [2.24, 2.45) is 5.41 Å². The van der Waals surface area contributed by atoms with Crippen LogP contribution in [0.3, 0.4) is 0 Å². The predicted molar refractivity (Wildman–Crippen MR) is 79.3 cm³/mol. The second-order valence-electron chi connectivity index (χ2n) is 4.93. The van der Waals surface area contributed by atoms with Crippen LogP contribution in [0.1, 0.15) is 32.3 Å². The first-order valence-electron chi connectivity index (χ1n) is 6.50. The second-order valence-corrected chi connectivity index (χ2v) is 7.71. The van der Waals surface area contributed by atoms with Gasteiger partial charge in [0.25, 0.3) is 0 Å². The molecule has 0 bridgehead atoms. The van der Waals surface area contributed by atoms with Gasteiger partial charge in [-0.25, -0.2) is 12.8 Å². The fraction of sp³-hybridized carbons (Fsp3) is 0.500. The van der Waals surface area contributed by atoms with Crippen molar-refractivity contribution in [2.75, 3.05) is 12.4 Å². The molecule has 21 heavy (non-hydrogen) atoms. The fourth-order valence-electron chi connectivity index (χ4n) is 1.98. The number of hydrogen-bond acceptors (Lipinski definition) is 4. The van der Waals surface area contributed by atoms with Crippen LogP contribution in [-0.2, 0) is 9.05 Å². The SMILES string of the molecule is CCC(CC)(COc1ccc(C#N)c(F)c1)CS(=O)(=O)Cl. The number of halogens is 2. The van der Waals surface area contributed by atoms with Crippen LogP contribution >= 0.6 is 10.7 Å². The van der Waals surface area contributed by atoms with Gasteiger partial charge in [0.15, 0.2) is 0 Å². The minimum atomic E-state index is -3.65. The van der Waals surface area contributed by atoms with Crippen molar-refractivity contribution in [1.29, 1.82) is 5.26 Å². The summed E-state index contributed by atoms with van der Waals surface area (Å²) in [4.78, 5) is 0. The summed E-state index contributed by atoms with van der Waals surface area (Å²) in [7, 11) is 1.69. The van der Waals surface area contributed by atoms with Crippen LogP contribution in [0.5, 0.6) is 5.75 Å². The van der Waals surface area contributed by atoms with E-state index < -0.39 is 20.3 Å². The maximum atomic E-state index is 13.5. The average Bonchev–Trinajstić information content (AvgIpc) is 2.42. The zero-order valence-corrected chi connectivity index (χ0v) is 13.5. The molecule has 0 aromatic heterocycles. The Labute approximate surface area is 128 Å². The third kappa shape index (κ3) is 5.18. The van der Waals surface area contributed by atoms with E-state index in [4.69, 9.17) is 20.7 Å². The summed E-state index contributed by atoms with van der Waals surface area (Å²) in [5.74, 6) is -0.615. The van der Waals surface area contributed by atoms with E-state index in [1.807, 2.05) is 13.8 Å². The molecule has 0 heterocycles. The zero-order valence-electron chi connectivity index (χ0n) is 11.9. The minimum absolute atomic E-state index is 0.0667. The van der Waals surface area contributed by atoms with Gasteiger partial charge in [0, 0.05) is 22.2 Å². The van der Waals surface area contributed by atoms with E-state index in [0.29, 0.717) is 12.8 Å². The summed E-state index contributed by atoms with van der Waals surface area (Å²) in [5.41, 5.74) is -0.687. The monoisotopic (exact) mass is 333 g/mol. The number of ether oxygens (including phenoxy) is 1. The van der Waals surface area contributed by atoms with Crippen molar-refractivity contribution in [3.05, 3.63) is 29.6 Å². The molecule has 0 amide bonds. The lowest BCUT2D eigenvalue weighted by molar-refractivity contribution is 0.154. The van der Waals surface area contributed by atoms with Gasteiger partial charge >= 0.3 is 0 Å². The normalized spacial score (nSPS) is 12.0. The van der Waals surface area contributed by atoms with Gasteiger partial charge in [-0.05, 0) is 25.0 Å². The van der Waals surface area contributed by atoms with Gasteiger partial charge in [-0.2, -0.15) is 5.26 Å². The smallest absolute Gasteiger partial charge is 0.233 e. The first-order chi connectivity index (χ1) is 9.75. The lowest BCUT2D eigenvalue weighted by atomic mass is 9.85. The Morgan fingerprint density at radius 2 is 2.00 bits per heavy atom. The summed E-state index contributed by atoms with van der Waals surface area (Å²) in [6.07, 6.45) is 1.13. The first-order valence-corrected chi connectivity index (χ1v) is 8.98. The maximum Gasteiger partial charge on any atom is 0.233 e. The number of nitrogens with zero attached hydrogens (tertiary/aromatic N) is 1. The molecule has 0 spiro atoms. The van der Waals surface area contributed by atoms with Gasteiger partial charge in [0.1, 0.15) is 17.6 Å². The van der Waals surface area contributed by atoms with Crippen LogP contribution in [0.4, 0.5) is 4.39 Å². The maximum absolute atomic E-state index is 13.5. The van der Waals surface area contributed by atoms with E-state index in [9.17, 15) is 12.8 Å². The Balaban J connectivity index is 2.87. The Morgan fingerprint density at radius 1 is 1.38 bits per heavy atom. The molecule has 0 fully saturated rings. The predicted octanol–water partition coefficient (Wildman–Crippen LogP) is 3.45. The Morgan fingerprint density at radius 3 is 2.43 bits per heavy atom. The lowest BCUT2D eigenvalue weighted by Gasteiger charge is -2.30. The topological polar surface area (TPSA) is 67.2 Å². The molecule has 0 aliphatic carbocycles. The van der Waals surface area contributed by atoms with Crippen molar-refractivity contribution < 1.29 is 17.5 Å². The molecule has 7 heteroatoms. The van der Waals surface area contributed by atoms with Crippen LogP contribution in [0, 0.1) is 22.6 Å². The summed E-state index contributed by atoms with van der Waals surface area (Å²) in [5, 5.41) is 8.66. The summed E-state index contributed by atoms with van der Waals surface area (Å²) in [6, 6.07) is 5.64. The molecule has 0 aliphatic heterocycles. The molecule has 116 valence electrons. The molecular formula is C14H17ClFNO3S. The molecule has 0 radical (unpaired) electrons. The van der Waals surface area contributed by atoms with Crippen molar-refractivity contribution in [3.63, 3.8) is 0 Å². The Bertz CT molecular complexity index is 636. The summed E-state index contributed by atoms with van der Waals surface area (Å²) in [6.45, 7) is 3.82. The molecule has 4 nitrogen and oxygen atoms in total. The van der Waals surface area contributed by atoms with E-state index in [1.54, 1.807) is 6.07 Å². The van der Waals surface area contributed by atoms with Gasteiger partial charge in [-0.3, -0.25) is 0 Å². The van der Waals surface area contributed by atoms with E-state index in [1.165, 1.54) is 12.1 Å². The first kappa shape index (κ1) is 17.7. The standard InChI is InChI=1S/C14H17ClFNO3S/c1-3-14(4-2,10-21(15,18)19)9-20-12-6-5-11(8-17)13(16)7-12/h5-7H,3-4,9-10H2,1-2H3. The molecule has 0 saturated heterocycles. The van der Waals surface area contributed by atoms with Gasteiger partial charge in [-0.1, -0.05) is 13.8 Å². The van der Waals surface area contributed by atoms with Crippen molar-refractivity contribution >= 4 is 19.7 Å². The molecule has 0 saturated carbocycles. The molecule has 0 aliphatic rings. The zero-order chi connectivity index (χ0) is 16.1. The molecule has 0 unspecified atom stereocenters. The quantitative estimate of drug-likeness (QED) is 0.717. The van der Waals surface area contributed by atoms with E-state index >= 15 is 0 Å². The van der Waals surface area contributed by atoms with Crippen LogP contribution in [-0.4, -0.2) is 20.8 Å². The molecule has 1 aromatic carbocycles. The van der Waals surface area contributed by atoms with Gasteiger partial charge < -0.3 is 4.74 Å². The van der Waals surface area contributed by atoms with Gasteiger partial charge in [0.2, 0.25) is 9.05 Å². The Hall–Kier alpha value is -1.32. The van der Waals surface area contributed by atoms with Gasteiger partial charge in [0.05, 0.1) is 17.9 Å². The highest BCUT2D eigenvalue weighted by Gasteiger charge is 2.32. The highest BCUT2D eigenvalue weighted by Crippen LogP contribution is 2.31. The van der Waals surface area contributed by atoms with Crippen LogP contribution < -0.4 is 4.74 Å². The Kier molecular flexibility index (Phi) is 5.99. The molecular weight excluding hydrogens is 317 g/mol. The van der Waals surface area contributed by atoms with Crippen LogP contribution in [0.2, 0.25) is 0 Å². The number of hydrogen-bond donors (Lipinski definition) is 0. The highest BCUT2D eigenvalue weighted by molar-refractivity contribution is 8.13. The molecule has 0 atom stereocenters. The largest absolute Gasteiger partial charge is 0.493 e. The van der Waals surface area contributed by atoms with E-state index in [-0.39, 0.29) is 23.7 Å². The third-order valence-corrected chi connectivity index (χ3v) is 4.87. The summed E-state index contributed by atoms with van der Waals surface area (Å²) < 4.78 is 41.6. The molecule has 0 N–H and O–H groups in total. The van der Waals surface area contributed by atoms with Crippen LogP contribution in [0.25, 0.3) is 0 Å². The second kappa shape index (κ2) is 7.10. The molecule has 1 rings (SSSR count). The highest BCUT2D eigenvalue weighted by atomic mass is 35.7. The average molecular weight is 334 g/mol. The van der Waals surface area contributed by atoms with Gasteiger partial charge in [-0.15, -0.1) is 0 Å². The summed E-state index contributed by atoms with van der Waals surface area (Å²) >= 11 is 0.